The van der Waals surface area contributed by atoms with Crippen LogP contribution in [0.4, 0.5) is 5.69 Å². The Hall–Kier alpha value is -1.55. The average molecular weight is 209 g/mol. The van der Waals surface area contributed by atoms with Crippen LogP contribution in [0.2, 0.25) is 0 Å². The van der Waals surface area contributed by atoms with E-state index in [0.717, 1.165) is 17.0 Å². The Kier molecular flexibility index (Phi) is 4.12. The van der Waals surface area contributed by atoms with Gasteiger partial charge in [0.2, 0.25) is 5.91 Å². The molecular formula is C11H15NO3. The van der Waals surface area contributed by atoms with E-state index in [9.17, 15) is 4.79 Å². The first-order valence-electron chi connectivity index (χ1n) is 4.61. The maximum absolute atomic E-state index is 11.2. The van der Waals surface area contributed by atoms with Crippen LogP contribution in [-0.4, -0.2) is 26.7 Å². The molecule has 0 radical (unpaired) electrons. The highest BCUT2D eigenvalue weighted by Crippen LogP contribution is 2.21. The third-order valence-electron chi connectivity index (χ3n) is 1.95. The maximum atomic E-state index is 11.2. The third kappa shape index (κ3) is 3.25. The second kappa shape index (κ2) is 5.36. The molecule has 1 amide bonds. The summed E-state index contributed by atoms with van der Waals surface area (Å²) >= 11 is 0. The number of hydrogen-bond donors (Lipinski definition) is 1. The molecule has 4 nitrogen and oxygen atoms in total. The van der Waals surface area contributed by atoms with Crippen molar-refractivity contribution in [3.05, 3.63) is 23.8 Å². The Labute approximate surface area is 89.2 Å². The zero-order chi connectivity index (χ0) is 11.3. The average Bonchev–Trinajstić information content (AvgIpc) is 2.18. The molecule has 1 aromatic carbocycles. The van der Waals surface area contributed by atoms with Crippen LogP contribution in [0.15, 0.2) is 18.2 Å². The van der Waals surface area contributed by atoms with Crippen LogP contribution >= 0.6 is 0 Å². The number of aryl methyl sites for hydroxylation is 1. The molecule has 0 aliphatic heterocycles. The molecular weight excluding hydrogens is 194 g/mol. The fourth-order valence-corrected chi connectivity index (χ4v) is 1.28. The van der Waals surface area contributed by atoms with Gasteiger partial charge >= 0.3 is 0 Å². The second-order valence-electron chi connectivity index (χ2n) is 3.17. The Morgan fingerprint density at radius 3 is 2.67 bits per heavy atom. The van der Waals surface area contributed by atoms with Gasteiger partial charge < -0.3 is 14.8 Å². The molecule has 1 rings (SSSR count). The van der Waals surface area contributed by atoms with E-state index in [1.54, 1.807) is 13.2 Å². The molecule has 4 heteroatoms. The molecule has 0 unspecified atom stereocenters. The van der Waals surface area contributed by atoms with Crippen LogP contribution < -0.4 is 10.1 Å². The molecule has 0 aliphatic rings. The molecule has 0 spiro atoms. The van der Waals surface area contributed by atoms with Crippen LogP contribution in [0.5, 0.6) is 5.75 Å². The van der Waals surface area contributed by atoms with Crippen LogP contribution in [0, 0.1) is 6.92 Å². The minimum atomic E-state index is -0.165. The molecule has 0 saturated heterocycles. The summed E-state index contributed by atoms with van der Waals surface area (Å²) < 4.78 is 9.83. The molecule has 15 heavy (non-hydrogen) atoms. The highest BCUT2D eigenvalue weighted by atomic mass is 16.5. The summed E-state index contributed by atoms with van der Waals surface area (Å²) in [6.07, 6.45) is 0. The predicted molar refractivity (Wildman–Crippen MR) is 58.2 cm³/mol. The van der Waals surface area contributed by atoms with Gasteiger partial charge in [-0.3, -0.25) is 4.79 Å². The van der Waals surface area contributed by atoms with Crippen molar-refractivity contribution in [3.63, 3.8) is 0 Å². The molecule has 1 aromatic rings. The smallest absolute Gasteiger partial charge is 0.250 e. The lowest BCUT2D eigenvalue weighted by Gasteiger charge is -2.08. The molecule has 82 valence electrons. The first-order valence-corrected chi connectivity index (χ1v) is 4.61. The molecule has 0 atom stereocenters. The highest BCUT2D eigenvalue weighted by molar-refractivity contribution is 5.91. The topological polar surface area (TPSA) is 47.6 Å². The fraction of sp³-hybridized carbons (Fsp3) is 0.364. The van der Waals surface area contributed by atoms with Crippen molar-refractivity contribution in [2.75, 3.05) is 26.1 Å². The molecule has 0 bridgehead atoms. The molecule has 0 saturated carbocycles. The minimum Gasteiger partial charge on any atom is -0.496 e. The summed E-state index contributed by atoms with van der Waals surface area (Å²) in [5.41, 5.74) is 1.73. The van der Waals surface area contributed by atoms with Crippen LogP contribution in [0.3, 0.4) is 0 Å². The van der Waals surface area contributed by atoms with E-state index in [0.29, 0.717) is 0 Å². The number of methoxy groups -OCH3 is 2. The number of carbonyl (C=O) groups excluding carboxylic acids is 1. The van der Waals surface area contributed by atoms with Gasteiger partial charge in [-0.05, 0) is 30.7 Å². The monoisotopic (exact) mass is 209 g/mol. The Morgan fingerprint density at radius 1 is 1.40 bits per heavy atom. The lowest BCUT2D eigenvalue weighted by molar-refractivity contribution is -0.119. The molecule has 0 aliphatic carbocycles. The molecule has 0 fully saturated rings. The van der Waals surface area contributed by atoms with Gasteiger partial charge in [0.15, 0.2) is 0 Å². The Balaban J connectivity index is 2.71. The summed E-state index contributed by atoms with van der Waals surface area (Å²) in [5.74, 6) is 0.641. The number of carbonyl (C=O) groups is 1. The second-order valence-corrected chi connectivity index (χ2v) is 3.17. The molecule has 1 N–H and O–H groups in total. The molecule has 0 aromatic heterocycles. The lowest BCUT2D eigenvalue weighted by atomic mass is 10.2. The van der Waals surface area contributed by atoms with Crippen LogP contribution in [0.25, 0.3) is 0 Å². The van der Waals surface area contributed by atoms with Gasteiger partial charge in [0.1, 0.15) is 12.4 Å². The van der Waals surface area contributed by atoms with Crippen molar-refractivity contribution in [3.8, 4) is 5.75 Å². The number of amides is 1. The first-order chi connectivity index (χ1) is 7.17. The molecule has 0 heterocycles. The number of ether oxygens (including phenoxy) is 2. The van der Waals surface area contributed by atoms with Crippen LogP contribution in [0.1, 0.15) is 5.56 Å². The Morgan fingerprint density at radius 2 is 2.13 bits per heavy atom. The van der Waals surface area contributed by atoms with Crippen molar-refractivity contribution in [1.82, 2.24) is 0 Å². The van der Waals surface area contributed by atoms with Crippen molar-refractivity contribution >= 4 is 11.6 Å². The number of rotatable bonds is 4. The van der Waals surface area contributed by atoms with Gasteiger partial charge in [0.25, 0.3) is 0 Å². The first kappa shape index (κ1) is 11.5. The third-order valence-corrected chi connectivity index (χ3v) is 1.95. The van der Waals surface area contributed by atoms with Crippen molar-refractivity contribution in [2.24, 2.45) is 0 Å². The summed E-state index contributed by atoms with van der Waals surface area (Å²) in [4.78, 5) is 11.2. The van der Waals surface area contributed by atoms with Gasteiger partial charge in [0, 0.05) is 12.8 Å². The van der Waals surface area contributed by atoms with E-state index in [-0.39, 0.29) is 12.5 Å². The van der Waals surface area contributed by atoms with Gasteiger partial charge in [-0.1, -0.05) is 0 Å². The van der Waals surface area contributed by atoms with Crippen molar-refractivity contribution < 1.29 is 14.3 Å². The number of anilines is 1. The van der Waals surface area contributed by atoms with E-state index in [2.05, 4.69) is 5.32 Å². The normalized spacial score (nSPS) is 9.80. The summed E-state index contributed by atoms with van der Waals surface area (Å²) in [6.45, 7) is 1.98. The predicted octanol–water partition coefficient (Wildman–Crippen LogP) is 1.59. The minimum absolute atomic E-state index is 0.0606. The highest BCUT2D eigenvalue weighted by Gasteiger charge is 2.03. The number of nitrogens with one attached hydrogen (secondary N) is 1. The quantitative estimate of drug-likeness (QED) is 0.819. The van der Waals surface area contributed by atoms with Gasteiger partial charge in [-0.15, -0.1) is 0 Å². The summed E-state index contributed by atoms with van der Waals surface area (Å²) in [6, 6.07) is 5.46. The van der Waals surface area contributed by atoms with Gasteiger partial charge in [0.05, 0.1) is 7.11 Å². The largest absolute Gasteiger partial charge is 0.496 e. The number of hydrogen-bond acceptors (Lipinski definition) is 3. The van der Waals surface area contributed by atoms with E-state index in [1.165, 1.54) is 7.11 Å². The summed E-state index contributed by atoms with van der Waals surface area (Å²) in [7, 11) is 3.10. The zero-order valence-corrected chi connectivity index (χ0v) is 9.16. The summed E-state index contributed by atoms with van der Waals surface area (Å²) in [5, 5.41) is 2.72. The van der Waals surface area contributed by atoms with E-state index < -0.39 is 0 Å². The van der Waals surface area contributed by atoms with Gasteiger partial charge in [-0.2, -0.15) is 0 Å². The van der Waals surface area contributed by atoms with Crippen molar-refractivity contribution in [2.45, 2.75) is 6.92 Å². The lowest BCUT2D eigenvalue weighted by Crippen LogP contribution is -2.17. The van der Waals surface area contributed by atoms with Crippen LogP contribution in [-0.2, 0) is 9.53 Å². The van der Waals surface area contributed by atoms with E-state index in [4.69, 9.17) is 9.47 Å². The number of benzene rings is 1. The van der Waals surface area contributed by atoms with E-state index >= 15 is 0 Å². The van der Waals surface area contributed by atoms with Gasteiger partial charge in [-0.25, -0.2) is 0 Å². The fourth-order valence-electron chi connectivity index (χ4n) is 1.28. The Bertz CT molecular complexity index is 350. The van der Waals surface area contributed by atoms with Crippen molar-refractivity contribution in [1.29, 1.82) is 0 Å². The SMILES string of the molecule is COCC(=O)Nc1ccc(OC)c(C)c1. The maximum Gasteiger partial charge on any atom is 0.250 e. The van der Waals surface area contributed by atoms with E-state index in [1.807, 2.05) is 19.1 Å². The standard InChI is InChI=1S/C11H15NO3/c1-8-6-9(4-5-10(8)15-3)12-11(13)7-14-2/h4-6H,7H2,1-3H3,(H,12,13). The zero-order valence-electron chi connectivity index (χ0n) is 9.16.